The van der Waals surface area contributed by atoms with E-state index in [-0.39, 0.29) is 5.41 Å². The molecule has 0 saturated carbocycles. The van der Waals surface area contributed by atoms with E-state index in [1.165, 1.54) is 77.4 Å². The topological polar surface area (TPSA) is 32.8 Å². The summed E-state index contributed by atoms with van der Waals surface area (Å²) in [5.41, 5.74) is 30.1. The molecule has 0 fully saturated rings. The molecule has 4 nitrogen and oxygen atoms in total. The molecule has 2 aliphatic carbocycles. The van der Waals surface area contributed by atoms with Crippen LogP contribution in [0.25, 0.3) is 154 Å². The Labute approximate surface area is 638 Å². The summed E-state index contributed by atoms with van der Waals surface area (Å²) in [5, 5.41) is 13.6. The molecule has 0 spiro atoms. The first-order valence-corrected chi connectivity index (χ1v) is 38.3. The highest BCUT2D eigenvalue weighted by atomic mass is 16.3. The van der Waals surface area contributed by atoms with Crippen molar-refractivity contribution in [2.75, 3.05) is 9.80 Å². The molecule has 2 aliphatic rings. The lowest BCUT2D eigenvalue weighted by molar-refractivity contribution is 0.583. The summed E-state index contributed by atoms with van der Waals surface area (Å²) in [7, 11) is 0. The molecular formula is C106H72N2O2. The largest absolute Gasteiger partial charge is 0.455 e. The van der Waals surface area contributed by atoms with Gasteiger partial charge in [0.2, 0.25) is 0 Å². The highest BCUT2D eigenvalue weighted by Gasteiger charge is 2.42. The van der Waals surface area contributed by atoms with E-state index in [1.807, 2.05) is 0 Å². The number of para-hydroxylation sites is 3. The summed E-state index contributed by atoms with van der Waals surface area (Å²) in [4.78, 5) is 5.05. The third kappa shape index (κ3) is 9.52. The summed E-state index contributed by atoms with van der Waals surface area (Å²) in [6.07, 6.45) is 0.766. The lowest BCUT2D eigenvalue weighted by Crippen LogP contribution is -2.24. The monoisotopic (exact) mass is 1400 g/mol. The first kappa shape index (κ1) is 63.5. The van der Waals surface area contributed by atoms with E-state index >= 15 is 0 Å². The van der Waals surface area contributed by atoms with Gasteiger partial charge >= 0.3 is 0 Å². The second-order valence-electron chi connectivity index (χ2n) is 30.6. The number of nitrogens with zero attached hydrogens (tertiary/aromatic N) is 2. The Kier molecular flexibility index (Phi) is 14.2. The van der Waals surface area contributed by atoms with Gasteiger partial charge in [-0.15, -0.1) is 0 Å². The lowest BCUT2D eigenvalue weighted by atomic mass is 9.74. The molecule has 18 aromatic carbocycles. The van der Waals surface area contributed by atoms with Gasteiger partial charge in [0, 0.05) is 54.5 Å². The van der Waals surface area contributed by atoms with E-state index < -0.39 is 5.41 Å². The number of rotatable bonds is 12. The van der Waals surface area contributed by atoms with Crippen molar-refractivity contribution in [3.05, 3.63) is 398 Å². The van der Waals surface area contributed by atoms with Crippen LogP contribution in [-0.2, 0) is 17.3 Å². The Morgan fingerprint density at radius 1 is 0.245 bits per heavy atom. The van der Waals surface area contributed by atoms with Crippen molar-refractivity contribution in [1.82, 2.24) is 0 Å². The summed E-state index contributed by atoms with van der Waals surface area (Å²) in [5.74, 6) is 0. The fraction of sp³-hybridized carbons (Fsp3) is 0.0566. The van der Waals surface area contributed by atoms with Gasteiger partial charge in [-0.1, -0.05) is 330 Å². The van der Waals surface area contributed by atoms with Crippen LogP contribution in [0.3, 0.4) is 0 Å². The summed E-state index contributed by atoms with van der Waals surface area (Å²) in [6, 6.07) is 137. The fourth-order valence-corrected chi connectivity index (χ4v) is 19.4. The highest BCUT2D eigenvalue weighted by Crippen LogP contribution is 2.59. The molecule has 2 aromatic heterocycles. The number of hydrogen-bond acceptors (Lipinski definition) is 4. The van der Waals surface area contributed by atoms with Crippen molar-refractivity contribution in [3.8, 4) is 66.8 Å². The average molecular weight is 1410 g/mol. The lowest BCUT2D eigenvalue weighted by Gasteiger charge is -2.31. The predicted molar refractivity (Wildman–Crippen MR) is 462 cm³/mol. The van der Waals surface area contributed by atoms with E-state index in [2.05, 4.69) is 401 Å². The van der Waals surface area contributed by atoms with Gasteiger partial charge in [0.05, 0.1) is 44.9 Å². The van der Waals surface area contributed by atoms with Gasteiger partial charge in [0.1, 0.15) is 22.3 Å². The van der Waals surface area contributed by atoms with Crippen molar-refractivity contribution in [3.63, 3.8) is 0 Å². The predicted octanol–water partition coefficient (Wildman–Crippen LogP) is 29.5. The zero-order chi connectivity index (χ0) is 72.9. The normalized spacial score (nSPS) is 14.1. The van der Waals surface area contributed by atoms with Crippen LogP contribution in [0.2, 0.25) is 0 Å². The van der Waals surface area contributed by atoms with E-state index in [0.29, 0.717) is 0 Å². The third-order valence-corrected chi connectivity index (χ3v) is 24.3. The number of anilines is 6. The van der Waals surface area contributed by atoms with Crippen LogP contribution < -0.4 is 9.80 Å². The third-order valence-electron chi connectivity index (χ3n) is 24.3. The maximum Gasteiger partial charge on any atom is 0.143 e. The SMILES string of the molecule is CC1(C)c2ccccc2-c2c(-c3ccccc3N(c3ccccc3-c3ccccc3-c3cccc(CC4(C)c5ccccc5-c5c(-c6ccccc6N(c6cccc7c6ccc6ccccc67)c6cccc7oc8c9ccccc9ccc8c67)cccc54)c3)c3cccc4oc5c6ccccc6ccc5c34)cccc21. The molecule has 110 heavy (non-hydrogen) atoms. The van der Waals surface area contributed by atoms with Gasteiger partial charge in [0.15, 0.2) is 0 Å². The average Bonchev–Trinajstić information content (AvgIpc) is 1.54. The Balaban J connectivity index is 0.687. The molecule has 0 amide bonds. The fourth-order valence-electron chi connectivity index (χ4n) is 19.4. The van der Waals surface area contributed by atoms with Crippen LogP contribution in [-0.4, -0.2) is 0 Å². The van der Waals surface area contributed by atoms with Crippen molar-refractivity contribution in [1.29, 1.82) is 0 Å². The first-order chi connectivity index (χ1) is 54.2. The maximum atomic E-state index is 7.05. The summed E-state index contributed by atoms with van der Waals surface area (Å²) in [6.45, 7) is 7.22. The molecule has 0 aliphatic heterocycles. The molecule has 2 heterocycles. The molecule has 518 valence electrons. The summed E-state index contributed by atoms with van der Waals surface area (Å²) >= 11 is 0. The van der Waals surface area contributed by atoms with Gasteiger partial charge in [-0.25, -0.2) is 0 Å². The Hall–Kier alpha value is -13.8. The standard InChI is InChI=1S/C106H72N2O2/c1-105(2)87-46-17-12-41-83(87)99-81(44-23-48-89(99)105)78-39-15-20-51-92(78)107(95-54-26-56-97-101(95)85-62-59-68-30-5-8-35-73(68)103(85)109-97)91-50-19-14-38-77(91)75-37-11-10-34-72(75)70-32-22-28-66(64-70)65-106(3)88-47-18-13-42-84(88)100-82(45-24-49-90(100)106)79-40-16-21-52-93(79)108(94-53-25-43-76-71-33-7-4-29-67(71)58-61-80(76)94)96-55-27-57-98-102(96)86-63-60-69-31-6-9-36-74(69)104(86)110-98/h4-64H,65H2,1-3H3. The summed E-state index contributed by atoms with van der Waals surface area (Å²) < 4.78 is 14.1. The van der Waals surface area contributed by atoms with Crippen molar-refractivity contribution >= 4 is 121 Å². The minimum absolute atomic E-state index is 0.180. The molecule has 0 N–H and O–H groups in total. The molecule has 0 radical (unpaired) electrons. The first-order valence-electron chi connectivity index (χ1n) is 38.3. The van der Waals surface area contributed by atoms with E-state index in [0.717, 1.165) is 145 Å². The van der Waals surface area contributed by atoms with Crippen molar-refractivity contribution in [2.45, 2.75) is 38.0 Å². The second kappa shape index (κ2) is 24.6. The molecule has 22 rings (SSSR count). The smallest absolute Gasteiger partial charge is 0.143 e. The van der Waals surface area contributed by atoms with E-state index in [1.54, 1.807) is 0 Å². The molecule has 1 atom stereocenters. The van der Waals surface area contributed by atoms with Gasteiger partial charge in [-0.2, -0.15) is 0 Å². The minimum Gasteiger partial charge on any atom is -0.455 e. The van der Waals surface area contributed by atoms with Crippen LogP contribution in [0.4, 0.5) is 34.1 Å². The molecular weight excluding hydrogens is 1330 g/mol. The second-order valence-corrected chi connectivity index (χ2v) is 30.6. The van der Waals surface area contributed by atoms with Gasteiger partial charge in [0.25, 0.3) is 0 Å². The van der Waals surface area contributed by atoms with Crippen LogP contribution >= 0.6 is 0 Å². The number of benzene rings is 18. The zero-order valence-electron chi connectivity index (χ0n) is 61.1. The maximum absolute atomic E-state index is 7.05. The van der Waals surface area contributed by atoms with E-state index in [9.17, 15) is 0 Å². The van der Waals surface area contributed by atoms with Crippen molar-refractivity contribution in [2.24, 2.45) is 0 Å². The van der Waals surface area contributed by atoms with Crippen LogP contribution in [0.15, 0.2) is 379 Å². The highest BCUT2D eigenvalue weighted by molar-refractivity contribution is 6.23. The van der Waals surface area contributed by atoms with Crippen molar-refractivity contribution < 1.29 is 8.83 Å². The van der Waals surface area contributed by atoms with Gasteiger partial charge in [-0.05, 0) is 172 Å². The quantitative estimate of drug-likeness (QED) is 0.114. The molecule has 20 aromatic rings. The molecule has 0 saturated heterocycles. The van der Waals surface area contributed by atoms with Crippen LogP contribution in [0.5, 0.6) is 0 Å². The molecule has 1 unspecified atom stereocenters. The number of furan rings is 2. The number of hydrogen-bond donors (Lipinski definition) is 0. The van der Waals surface area contributed by atoms with Gasteiger partial charge < -0.3 is 18.6 Å². The number of fused-ring (bicyclic) bond motifs is 19. The molecule has 4 heteroatoms. The molecule has 0 bridgehead atoms. The van der Waals surface area contributed by atoms with E-state index in [4.69, 9.17) is 8.83 Å². The Morgan fingerprint density at radius 2 is 0.627 bits per heavy atom. The minimum atomic E-state index is -0.419. The van der Waals surface area contributed by atoms with Crippen LogP contribution in [0.1, 0.15) is 48.6 Å². The van der Waals surface area contributed by atoms with Crippen LogP contribution in [0, 0.1) is 0 Å². The van der Waals surface area contributed by atoms with Gasteiger partial charge in [-0.3, -0.25) is 0 Å². The Morgan fingerprint density at radius 3 is 1.23 bits per heavy atom. The Bertz CT molecular complexity index is 7230. The zero-order valence-corrected chi connectivity index (χ0v) is 61.1.